The van der Waals surface area contributed by atoms with E-state index >= 15 is 0 Å². The van der Waals surface area contributed by atoms with Crippen molar-refractivity contribution in [3.05, 3.63) is 23.7 Å². The Labute approximate surface area is 90.6 Å². The van der Waals surface area contributed by atoms with Gasteiger partial charge in [-0.05, 0) is 12.1 Å². The Morgan fingerprint density at radius 1 is 1.33 bits per heavy atom. The van der Waals surface area contributed by atoms with E-state index in [2.05, 4.69) is 5.32 Å². The van der Waals surface area contributed by atoms with Gasteiger partial charge in [-0.3, -0.25) is 0 Å². The fourth-order valence-corrected chi connectivity index (χ4v) is 1.83. The number of nitrogens with one attached hydrogen (secondary N) is 1. The van der Waals surface area contributed by atoms with Crippen LogP contribution in [0, 0.1) is 0 Å². The maximum absolute atomic E-state index is 11.0. The molecule has 1 rings (SSSR count). The molecular weight excluding hydrogens is 214 g/mol. The first-order chi connectivity index (χ1) is 6.87. The zero-order chi connectivity index (χ0) is 11.5. The maximum atomic E-state index is 11.0. The molecule has 0 unspecified atom stereocenters. The lowest BCUT2D eigenvalue weighted by molar-refractivity contribution is 0.443. The van der Waals surface area contributed by atoms with Gasteiger partial charge < -0.3 is 9.73 Å². The molecule has 0 aromatic carbocycles. The van der Waals surface area contributed by atoms with Crippen LogP contribution >= 0.6 is 0 Å². The largest absolute Gasteiger partial charge is 0.464 e. The van der Waals surface area contributed by atoms with Crippen LogP contribution in [0.5, 0.6) is 0 Å². The lowest BCUT2D eigenvalue weighted by atomic mass is 10.3. The van der Waals surface area contributed by atoms with E-state index in [0.29, 0.717) is 18.3 Å². The van der Waals surface area contributed by atoms with Crippen molar-refractivity contribution >= 4 is 9.84 Å². The van der Waals surface area contributed by atoms with Crippen LogP contribution in [-0.4, -0.2) is 20.7 Å². The molecule has 0 aliphatic carbocycles. The molecule has 5 heteroatoms. The molecule has 15 heavy (non-hydrogen) atoms. The van der Waals surface area contributed by atoms with Gasteiger partial charge >= 0.3 is 0 Å². The molecule has 1 heterocycles. The zero-order valence-electron chi connectivity index (χ0n) is 9.28. The van der Waals surface area contributed by atoms with Crippen molar-refractivity contribution in [3.63, 3.8) is 0 Å². The second-order valence-electron chi connectivity index (χ2n) is 3.97. The summed E-state index contributed by atoms with van der Waals surface area (Å²) in [7, 11) is -3.01. The predicted molar refractivity (Wildman–Crippen MR) is 59.2 cm³/mol. The van der Waals surface area contributed by atoms with Gasteiger partial charge in [0.05, 0.1) is 6.54 Å². The van der Waals surface area contributed by atoms with Gasteiger partial charge in [-0.2, -0.15) is 0 Å². The first kappa shape index (κ1) is 12.3. The average molecular weight is 231 g/mol. The van der Waals surface area contributed by atoms with Crippen LogP contribution in [0.1, 0.15) is 25.4 Å². The molecule has 1 aromatic heterocycles. The molecule has 0 amide bonds. The summed E-state index contributed by atoms with van der Waals surface area (Å²) in [5, 5.41) is 3.19. The summed E-state index contributed by atoms with van der Waals surface area (Å²) in [5.41, 5.74) is 0. The fraction of sp³-hybridized carbons (Fsp3) is 0.600. The summed E-state index contributed by atoms with van der Waals surface area (Å²) in [5.74, 6) is 1.23. The molecule has 0 aliphatic rings. The number of hydrogen-bond acceptors (Lipinski definition) is 4. The summed E-state index contributed by atoms with van der Waals surface area (Å²) in [6, 6.07) is 3.89. The summed E-state index contributed by atoms with van der Waals surface area (Å²) >= 11 is 0. The van der Waals surface area contributed by atoms with Crippen molar-refractivity contribution in [2.24, 2.45) is 0 Å². The standard InChI is InChI=1S/C10H17NO3S/c1-8(2)11-6-9-4-5-10(14-9)7-15(3,12)13/h4-5,8,11H,6-7H2,1-3H3. The third-order valence-electron chi connectivity index (χ3n) is 1.81. The van der Waals surface area contributed by atoms with Crippen LogP contribution in [-0.2, 0) is 22.1 Å². The second-order valence-corrected chi connectivity index (χ2v) is 6.11. The molecule has 1 N–H and O–H groups in total. The number of furan rings is 1. The summed E-state index contributed by atoms with van der Waals surface area (Å²) in [4.78, 5) is 0. The van der Waals surface area contributed by atoms with Crippen LogP contribution in [0.25, 0.3) is 0 Å². The molecule has 0 atom stereocenters. The molecule has 86 valence electrons. The molecule has 1 aromatic rings. The van der Waals surface area contributed by atoms with Crippen molar-refractivity contribution in [2.75, 3.05) is 6.26 Å². The van der Waals surface area contributed by atoms with E-state index in [0.717, 1.165) is 5.76 Å². The third-order valence-corrected chi connectivity index (χ3v) is 2.62. The highest BCUT2D eigenvalue weighted by molar-refractivity contribution is 7.89. The SMILES string of the molecule is CC(C)NCc1ccc(CS(C)(=O)=O)o1. The minimum absolute atomic E-state index is 0.0331. The normalized spacial score (nSPS) is 12.3. The second kappa shape index (κ2) is 4.81. The van der Waals surface area contributed by atoms with Crippen LogP contribution in [0.15, 0.2) is 16.5 Å². The zero-order valence-corrected chi connectivity index (χ0v) is 10.1. The maximum Gasteiger partial charge on any atom is 0.154 e. The van der Waals surface area contributed by atoms with E-state index in [9.17, 15) is 8.42 Å². The monoisotopic (exact) mass is 231 g/mol. The van der Waals surface area contributed by atoms with E-state index in [4.69, 9.17) is 4.42 Å². The summed E-state index contributed by atoms with van der Waals surface area (Å²) in [6.45, 7) is 4.71. The van der Waals surface area contributed by atoms with Gasteiger partial charge in [0.2, 0.25) is 0 Å². The van der Waals surface area contributed by atoms with Gasteiger partial charge in [0.15, 0.2) is 9.84 Å². The number of sulfone groups is 1. The van der Waals surface area contributed by atoms with Gasteiger partial charge in [0.25, 0.3) is 0 Å². The molecule has 0 radical (unpaired) electrons. The highest BCUT2D eigenvalue weighted by Crippen LogP contribution is 2.10. The lowest BCUT2D eigenvalue weighted by Gasteiger charge is -2.04. The lowest BCUT2D eigenvalue weighted by Crippen LogP contribution is -2.21. The Hall–Kier alpha value is -0.810. The highest BCUT2D eigenvalue weighted by Gasteiger charge is 2.09. The van der Waals surface area contributed by atoms with Crippen molar-refractivity contribution in [1.29, 1.82) is 0 Å². The first-order valence-corrected chi connectivity index (χ1v) is 6.91. The van der Waals surface area contributed by atoms with Crippen molar-refractivity contribution < 1.29 is 12.8 Å². The Balaban J connectivity index is 2.57. The van der Waals surface area contributed by atoms with Gasteiger partial charge in [-0.1, -0.05) is 13.8 Å². The van der Waals surface area contributed by atoms with Crippen molar-refractivity contribution in [2.45, 2.75) is 32.2 Å². The molecule has 0 aliphatic heterocycles. The Morgan fingerprint density at radius 3 is 2.47 bits per heavy atom. The smallest absolute Gasteiger partial charge is 0.154 e. The van der Waals surface area contributed by atoms with Crippen molar-refractivity contribution in [3.8, 4) is 0 Å². The first-order valence-electron chi connectivity index (χ1n) is 4.85. The molecule has 0 spiro atoms. The minimum Gasteiger partial charge on any atom is -0.464 e. The fourth-order valence-electron chi connectivity index (χ4n) is 1.16. The Bertz CT molecular complexity index is 406. The Kier molecular flexibility index (Phi) is 3.93. The predicted octanol–water partition coefficient (Wildman–Crippen LogP) is 1.32. The van der Waals surface area contributed by atoms with Crippen LogP contribution in [0.3, 0.4) is 0 Å². The molecule has 0 fully saturated rings. The van der Waals surface area contributed by atoms with Crippen molar-refractivity contribution in [1.82, 2.24) is 5.32 Å². The van der Waals surface area contributed by atoms with Gasteiger partial charge in [-0.25, -0.2) is 8.42 Å². The van der Waals surface area contributed by atoms with E-state index in [1.54, 1.807) is 12.1 Å². The minimum atomic E-state index is -3.01. The molecule has 0 saturated carbocycles. The summed E-state index contributed by atoms with van der Waals surface area (Å²) in [6.07, 6.45) is 1.20. The van der Waals surface area contributed by atoms with Gasteiger partial charge in [0.1, 0.15) is 17.3 Å². The molecular formula is C10H17NO3S. The molecule has 4 nitrogen and oxygen atoms in total. The number of hydrogen-bond donors (Lipinski definition) is 1. The van der Waals surface area contributed by atoms with E-state index < -0.39 is 9.84 Å². The molecule has 0 saturated heterocycles. The topological polar surface area (TPSA) is 59.3 Å². The summed E-state index contributed by atoms with van der Waals surface area (Å²) < 4.78 is 27.4. The van der Waals surface area contributed by atoms with Crippen LogP contribution in [0.4, 0.5) is 0 Å². The van der Waals surface area contributed by atoms with E-state index in [-0.39, 0.29) is 5.75 Å². The third kappa shape index (κ3) is 4.99. The van der Waals surface area contributed by atoms with E-state index in [1.807, 2.05) is 13.8 Å². The molecule has 0 bridgehead atoms. The average Bonchev–Trinajstić information content (AvgIpc) is 2.45. The van der Waals surface area contributed by atoms with Crippen LogP contribution < -0.4 is 5.32 Å². The van der Waals surface area contributed by atoms with E-state index in [1.165, 1.54) is 6.26 Å². The Morgan fingerprint density at radius 2 is 1.93 bits per heavy atom. The quantitative estimate of drug-likeness (QED) is 0.830. The highest BCUT2D eigenvalue weighted by atomic mass is 32.2. The van der Waals surface area contributed by atoms with Gasteiger partial charge in [0, 0.05) is 12.3 Å². The van der Waals surface area contributed by atoms with Gasteiger partial charge in [-0.15, -0.1) is 0 Å². The number of rotatable bonds is 5. The van der Waals surface area contributed by atoms with Crippen LogP contribution in [0.2, 0.25) is 0 Å².